The lowest BCUT2D eigenvalue weighted by Gasteiger charge is -2.09. The van der Waals surface area contributed by atoms with Gasteiger partial charge in [-0.3, -0.25) is 4.79 Å². The number of hydrogen-bond acceptors (Lipinski definition) is 3. The van der Waals surface area contributed by atoms with E-state index in [2.05, 4.69) is 16.4 Å². The number of aromatic amines is 1. The first-order chi connectivity index (χ1) is 10.5. The Bertz CT molecular complexity index is 787. The average Bonchev–Trinajstić information content (AvgIpc) is 2.97. The molecule has 2 aromatic rings. The van der Waals surface area contributed by atoms with Crippen LogP contribution in [0.5, 0.6) is 11.5 Å². The molecule has 0 spiro atoms. The van der Waals surface area contributed by atoms with Gasteiger partial charge in [0.05, 0.1) is 25.5 Å². The van der Waals surface area contributed by atoms with Gasteiger partial charge in [0.25, 0.3) is 5.91 Å². The maximum Gasteiger partial charge on any atom is 0.256 e. The van der Waals surface area contributed by atoms with Gasteiger partial charge < -0.3 is 19.8 Å². The summed E-state index contributed by atoms with van der Waals surface area (Å²) in [5.74, 6) is 1.06. The van der Waals surface area contributed by atoms with Crippen molar-refractivity contribution in [3.8, 4) is 11.5 Å². The normalized spacial score (nSPS) is 14.9. The predicted octanol–water partition coefficient (Wildman–Crippen LogP) is 3.14. The highest BCUT2D eigenvalue weighted by molar-refractivity contribution is 6.35. The minimum Gasteiger partial charge on any atom is -0.493 e. The molecule has 0 saturated carbocycles. The van der Waals surface area contributed by atoms with Crippen LogP contribution in [0.3, 0.4) is 0 Å². The Morgan fingerprint density at radius 2 is 1.73 bits per heavy atom. The van der Waals surface area contributed by atoms with Crippen LogP contribution in [-0.2, 0) is 4.79 Å². The molecule has 1 aromatic heterocycles. The second-order valence-electron chi connectivity index (χ2n) is 5.31. The standard InChI is InChI=1S/C17H18N2O3/c1-9-5-10(2)18-13(9)6-12-11-7-15(21-3)16(22-4)8-14(11)19-17(12)20/h5-8,18H,1-4H3,(H,19,20)/b12-6-. The van der Waals surface area contributed by atoms with Crippen LogP contribution in [0.2, 0.25) is 0 Å². The number of hydrogen-bond donors (Lipinski definition) is 2. The second kappa shape index (κ2) is 5.26. The molecule has 0 aliphatic carbocycles. The van der Waals surface area contributed by atoms with Crippen LogP contribution in [0, 0.1) is 13.8 Å². The van der Waals surface area contributed by atoms with Gasteiger partial charge in [0, 0.05) is 23.0 Å². The first-order valence-corrected chi connectivity index (χ1v) is 6.99. The van der Waals surface area contributed by atoms with E-state index < -0.39 is 0 Å². The van der Waals surface area contributed by atoms with E-state index in [9.17, 15) is 4.79 Å². The highest BCUT2D eigenvalue weighted by atomic mass is 16.5. The van der Waals surface area contributed by atoms with E-state index >= 15 is 0 Å². The van der Waals surface area contributed by atoms with Crippen molar-refractivity contribution < 1.29 is 14.3 Å². The zero-order valence-corrected chi connectivity index (χ0v) is 13.0. The summed E-state index contributed by atoms with van der Waals surface area (Å²) >= 11 is 0. The molecule has 1 aliphatic heterocycles. The smallest absolute Gasteiger partial charge is 0.256 e. The number of benzene rings is 1. The molecule has 114 valence electrons. The van der Waals surface area contributed by atoms with Crippen LogP contribution < -0.4 is 14.8 Å². The number of H-pyrrole nitrogens is 1. The van der Waals surface area contributed by atoms with Crippen molar-refractivity contribution in [2.75, 3.05) is 19.5 Å². The highest BCUT2D eigenvalue weighted by Gasteiger charge is 2.26. The third-order valence-corrected chi connectivity index (χ3v) is 3.79. The van der Waals surface area contributed by atoms with Gasteiger partial charge in [0.1, 0.15) is 0 Å². The van der Waals surface area contributed by atoms with Crippen molar-refractivity contribution in [3.63, 3.8) is 0 Å². The number of amides is 1. The fourth-order valence-corrected chi connectivity index (χ4v) is 2.70. The maximum absolute atomic E-state index is 12.3. The van der Waals surface area contributed by atoms with Crippen molar-refractivity contribution in [2.24, 2.45) is 0 Å². The number of aryl methyl sites for hydroxylation is 2. The van der Waals surface area contributed by atoms with Gasteiger partial charge in [-0.25, -0.2) is 0 Å². The van der Waals surface area contributed by atoms with Crippen molar-refractivity contribution in [1.82, 2.24) is 4.98 Å². The molecule has 1 aromatic carbocycles. The van der Waals surface area contributed by atoms with Gasteiger partial charge in [-0.2, -0.15) is 0 Å². The third-order valence-electron chi connectivity index (χ3n) is 3.79. The lowest BCUT2D eigenvalue weighted by Crippen LogP contribution is -2.03. The number of ether oxygens (including phenoxy) is 2. The third kappa shape index (κ3) is 2.24. The predicted molar refractivity (Wildman–Crippen MR) is 86.3 cm³/mol. The molecular formula is C17H18N2O3. The minimum atomic E-state index is -0.128. The van der Waals surface area contributed by atoms with E-state index in [0.29, 0.717) is 17.1 Å². The largest absolute Gasteiger partial charge is 0.493 e. The Kier molecular flexibility index (Phi) is 3.41. The minimum absolute atomic E-state index is 0.128. The Morgan fingerprint density at radius 3 is 2.32 bits per heavy atom. The van der Waals surface area contributed by atoms with E-state index in [1.807, 2.05) is 26.0 Å². The van der Waals surface area contributed by atoms with Crippen LogP contribution in [0.15, 0.2) is 18.2 Å². The van der Waals surface area contributed by atoms with Crippen LogP contribution >= 0.6 is 0 Å². The van der Waals surface area contributed by atoms with Crippen LogP contribution in [0.25, 0.3) is 11.6 Å². The molecule has 0 bridgehead atoms. The highest BCUT2D eigenvalue weighted by Crippen LogP contribution is 2.41. The first kappa shape index (κ1) is 14.3. The molecule has 1 aliphatic rings. The van der Waals surface area contributed by atoms with E-state index in [-0.39, 0.29) is 5.91 Å². The number of carbonyl (C=O) groups is 1. The van der Waals surface area contributed by atoms with Gasteiger partial charge in [0.2, 0.25) is 0 Å². The van der Waals surface area contributed by atoms with Gasteiger partial charge in [-0.1, -0.05) is 0 Å². The van der Waals surface area contributed by atoms with Crippen molar-refractivity contribution >= 4 is 23.2 Å². The second-order valence-corrected chi connectivity index (χ2v) is 5.31. The zero-order valence-electron chi connectivity index (χ0n) is 13.0. The van der Waals surface area contributed by atoms with Crippen molar-refractivity contribution in [2.45, 2.75) is 13.8 Å². The molecule has 2 heterocycles. The SMILES string of the molecule is COc1cc2c(cc1OC)/C(=C/c1[nH]c(C)cc1C)C(=O)N2. The fraction of sp³-hybridized carbons (Fsp3) is 0.235. The number of carbonyl (C=O) groups excluding carboxylic acids is 1. The van der Waals surface area contributed by atoms with Gasteiger partial charge >= 0.3 is 0 Å². The lowest BCUT2D eigenvalue weighted by molar-refractivity contribution is -0.110. The summed E-state index contributed by atoms with van der Waals surface area (Å²) in [6.07, 6.45) is 1.87. The van der Waals surface area contributed by atoms with Crippen molar-refractivity contribution in [3.05, 3.63) is 40.7 Å². The molecular weight excluding hydrogens is 280 g/mol. The number of nitrogens with one attached hydrogen (secondary N) is 2. The molecule has 5 heteroatoms. The molecule has 0 atom stereocenters. The quantitative estimate of drug-likeness (QED) is 0.856. The monoisotopic (exact) mass is 298 g/mol. The topological polar surface area (TPSA) is 63.4 Å². The molecule has 0 unspecified atom stereocenters. The van der Waals surface area contributed by atoms with Gasteiger partial charge in [-0.15, -0.1) is 0 Å². The van der Waals surface area contributed by atoms with E-state index in [1.54, 1.807) is 20.3 Å². The van der Waals surface area contributed by atoms with Gasteiger partial charge in [0.15, 0.2) is 11.5 Å². The number of rotatable bonds is 3. The van der Waals surface area contributed by atoms with Gasteiger partial charge in [-0.05, 0) is 37.6 Å². The summed E-state index contributed by atoms with van der Waals surface area (Å²) in [5.41, 5.74) is 5.26. The van der Waals surface area contributed by atoms with Crippen LogP contribution in [0.4, 0.5) is 5.69 Å². The summed E-state index contributed by atoms with van der Waals surface area (Å²) in [4.78, 5) is 15.5. The Labute approximate surface area is 128 Å². The Morgan fingerprint density at radius 1 is 1.05 bits per heavy atom. The molecule has 22 heavy (non-hydrogen) atoms. The number of fused-ring (bicyclic) bond motifs is 1. The number of anilines is 1. The molecule has 0 fully saturated rings. The summed E-state index contributed by atoms with van der Waals surface area (Å²) in [5, 5.41) is 2.86. The Hall–Kier alpha value is -2.69. The van der Waals surface area contributed by atoms with E-state index in [0.717, 1.165) is 28.2 Å². The molecule has 0 saturated heterocycles. The Balaban J connectivity index is 2.13. The van der Waals surface area contributed by atoms with Crippen LogP contribution in [-0.4, -0.2) is 25.1 Å². The van der Waals surface area contributed by atoms with E-state index in [1.165, 1.54) is 0 Å². The van der Waals surface area contributed by atoms with Crippen LogP contribution in [0.1, 0.15) is 22.5 Å². The molecule has 1 amide bonds. The fourth-order valence-electron chi connectivity index (χ4n) is 2.70. The molecule has 3 rings (SSSR count). The molecule has 5 nitrogen and oxygen atoms in total. The summed E-state index contributed by atoms with van der Waals surface area (Å²) in [7, 11) is 3.15. The first-order valence-electron chi connectivity index (χ1n) is 6.99. The average molecular weight is 298 g/mol. The maximum atomic E-state index is 12.3. The van der Waals surface area contributed by atoms with E-state index in [4.69, 9.17) is 9.47 Å². The molecule has 0 radical (unpaired) electrons. The zero-order chi connectivity index (χ0) is 15.9. The summed E-state index contributed by atoms with van der Waals surface area (Å²) in [6.45, 7) is 4.00. The number of methoxy groups -OCH3 is 2. The van der Waals surface area contributed by atoms with Crippen molar-refractivity contribution in [1.29, 1.82) is 0 Å². The lowest BCUT2D eigenvalue weighted by atomic mass is 10.0. The summed E-state index contributed by atoms with van der Waals surface area (Å²) < 4.78 is 10.6. The number of aromatic nitrogens is 1. The molecule has 2 N–H and O–H groups in total. The summed E-state index contributed by atoms with van der Waals surface area (Å²) in [6, 6.07) is 5.65.